The Balaban J connectivity index is 2.19. The van der Waals surface area contributed by atoms with E-state index in [0.29, 0.717) is 11.3 Å². The summed E-state index contributed by atoms with van der Waals surface area (Å²) < 4.78 is 5.58. The third kappa shape index (κ3) is 2.73. The fraction of sp³-hybridized carbons (Fsp3) is 0.500. The van der Waals surface area contributed by atoms with Gasteiger partial charge in [-0.2, -0.15) is 0 Å². The Kier molecular flexibility index (Phi) is 4.13. The molecule has 0 saturated heterocycles. The number of aryl methyl sites for hydroxylation is 3. The highest BCUT2D eigenvalue weighted by Crippen LogP contribution is 2.48. The zero-order valence-electron chi connectivity index (χ0n) is 14.4. The van der Waals surface area contributed by atoms with Gasteiger partial charge in [0.25, 0.3) is 0 Å². The normalized spacial score (nSPS) is 23.9. The van der Waals surface area contributed by atoms with Crippen LogP contribution in [0.2, 0.25) is 0 Å². The SMILES string of the molecule is CC(=O)OC1=C(c2c(C)cc(C)cc2C)C(=O)[C@H]2CCCCC12. The molecule has 3 heteroatoms. The van der Waals surface area contributed by atoms with E-state index in [2.05, 4.69) is 19.1 Å². The monoisotopic (exact) mass is 312 g/mol. The Morgan fingerprint density at radius 3 is 2.17 bits per heavy atom. The lowest BCUT2D eigenvalue weighted by atomic mass is 9.80. The fourth-order valence-electron chi connectivity index (χ4n) is 4.35. The summed E-state index contributed by atoms with van der Waals surface area (Å²) >= 11 is 0. The number of ether oxygens (including phenoxy) is 1. The summed E-state index contributed by atoms with van der Waals surface area (Å²) in [5, 5.41) is 0. The first-order valence-electron chi connectivity index (χ1n) is 8.45. The van der Waals surface area contributed by atoms with Crippen LogP contribution in [0.5, 0.6) is 0 Å². The van der Waals surface area contributed by atoms with Crippen molar-refractivity contribution in [1.29, 1.82) is 0 Å². The van der Waals surface area contributed by atoms with Gasteiger partial charge < -0.3 is 4.74 Å². The number of hydrogen-bond acceptors (Lipinski definition) is 3. The summed E-state index contributed by atoms with van der Waals surface area (Å²) in [5.41, 5.74) is 4.96. The van der Waals surface area contributed by atoms with E-state index in [4.69, 9.17) is 4.74 Å². The molecule has 1 unspecified atom stereocenters. The van der Waals surface area contributed by atoms with Gasteiger partial charge in [-0.1, -0.05) is 30.5 Å². The van der Waals surface area contributed by atoms with E-state index in [9.17, 15) is 9.59 Å². The maximum absolute atomic E-state index is 13.1. The minimum atomic E-state index is -0.334. The molecule has 0 aromatic heterocycles. The number of Topliss-reactive ketones (excluding diaryl/α,β-unsaturated/α-hetero) is 1. The average Bonchev–Trinajstić information content (AvgIpc) is 2.72. The summed E-state index contributed by atoms with van der Waals surface area (Å²) in [6, 6.07) is 4.19. The van der Waals surface area contributed by atoms with E-state index in [0.717, 1.165) is 42.4 Å². The van der Waals surface area contributed by atoms with Gasteiger partial charge in [-0.3, -0.25) is 9.59 Å². The third-order valence-corrected chi connectivity index (χ3v) is 5.11. The van der Waals surface area contributed by atoms with Crippen molar-refractivity contribution in [2.24, 2.45) is 11.8 Å². The zero-order chi connectivity index (χ0) is 16.7. The maximum Gasteiger partial charge on any atom is 0.307 e. The quantitative estimate of drug-likeness (QED) is 0.766. The summed E-state index contributed by atoms with van der Waals surface area (Å²) in [6.07, 6.45) is 4.02. The summed E-state index contributed by atoms with van der Waals surface area (Å²) in [6.45, 7) is 7.54. The second-order valence-corrected chi connectivity index (χ2v) is 6.97. The summed E-state index contributed by atoms with van der Waals surface area (Å²) in [7, 11) is 0. The molecule has 3 nitrogen and oxygen atoms in total. The first-order valence-corrected chi connectivity index (χ1v) is 8.45. The van der Waals surface area contributed by atoms with Crippen molar-refractivity contribution in [3.63, 3.8) is 0 Å². The third-order valence-electron chi connectivity index (χ3n) is 5.11. The molecule has 23 heavy (non-hydrogen) atoms. The first kappa shape index (κ1) is 16.0. The molecule has 0 heterocycles. The molecule has 0 bridgehead atoms. The Morgan fingerprint density at radius 1 is 1.04 bits per heavy atom. The molecule has 0 amide bonds. The number of ketones is 1. The van der Waals surface area contributed by atoms with Crippen molar-refractivity contribution in [1.82, 2.24) is 0 Å². The van der Waals surface area contributed by atoms with Crippen molar-refractivity contribution in [2.75, 3.05) is 0 Å². The van der Waals surface area contributed by atoms with Crippen LogP contribution in [0.4, 0.5) is 0 Å². The first-order chi connectivity index (χ1) is 10.9. The number of rotatable bonds is 2. The van der Waals surface area contributed by atoms with Gasteiger partial charge in [0.1, 0.15) is 5.76 Å². The molecular weight excluding hydrogens is 288 g/mol. The van der Waals surface area contributed by atoms with E-state index < -0.39 is 0 Å². The molecule has 0 spiro atoms. The standard InChI is InChI=1S/C20H24O3/c1-11-9-12(2)17(13(3)10-11)18-19(22)15-7-5-6-8-16(15)20(18)23-14(4)21/h9-10,15-16H,5-8H2,1-4H3/t15-,16?/m0/s1. The van der Waals surface area contributed by atoms with Gasteiger partial charge >= 0.3 is 5.97 Å². The molecule has 3 rings (SSSR count). The Hall–Kier alpha value is -1.90. The summed E-state index contributed by atoms with van der Waals surface area (Å²) in [5.74, 6) is 0.533. The van der Waals surface area contributed by atoms with E-state index >= 15 is 0 Å². The number of esters is 1. The highest BCUT2D eigenvalue weighted by atomic mass is 16.5. The Morgan fingerprint density at radius 2 is 1.61 bits per heavy atom. The molecule has 2 aliphatic rings. The van der Waals surface area contributed by atoms with Crippen LogP contribution < -0.4 is 0 Å². The molecule has 1 saturated carbocycles. The van der Waals surface area contributed by atoms with Gasteiger partial charge in [0.15, 0.2) is 5.78 Å². The molecule has 0 aliphatic heterocycles. The van der Waals surface area contributed by atoms with Crippen LogP contribution >= 0.6 is 0 Å². The van der Waals surface area contributed by atoms with Crippen LogP contribution in [-0.4, -0.2) is 11.8 Å². The largest absolute Gasteiger partial charge is 0.430 e. The smallest absolute Gasteiger partial charge is 0.307 e. The predicted molar refractivity (Wildman–Crippen MR) is 89.8 cm³/mol. The molecule has 0 radical (unpaired) electrons. The number of fused-ring (bicyclic) bond motifs is 1. The van der Waals surface area contributed by atoms with E-state index in [1.807, 2.05) is 13.8 Å². The highest BCUT2D eigenvalue weighted by molar-refractivity contribution is 6.25. The van der Waals surface area contributed by atoms with Crippen molar-refractivity contribution in [3.8, 4) is 0 Å². The average molecular weight is 312 g/mol. The lowest BCUT2D eigenvalue weighted by Gasteiger charge is -2.25. The van der Waals surface area contributed by atoms with Crippen LogP contribution in [0.1, 0.15) is 54.9 Å². The molecule has 0 N–H and O–H groups in total. The lowest BCUT2D eigenvalue weighted by Crippen LogP contribution is -2.22. The minimum absolute atomic E-state index is 0.00629. The van der Waals surface area contributed by atoms with E-state index in [-0.39, 0.29) is 23.6 Å². The molecule has 2 atom stereocenters. The van der Waals surface area contributed by atoms with Gasteiger partial charge in [0, 0.05) is 18.8 Å². The van der Waals surface area contributed by atoms with Gasteiger partial charge in [0.05, 0.1) is 5.57 Å². The predicted octanol–water partition coefficient (Wildman–Crippen LogP) is 4.28. The lowest BCUT2D eigenvalue weighted by molar-refractivity contribution is -0.138. The zero-order valence-corrected chi connectivity index (χ0v) is 14.4. The summed E-state index contributed by atoms with van der Waals surface area (Å²) in [4.78, 5) is 24.7. The second-order valence-electron chi connectivity index (χ2n) is 6.97. The molecule has 1 aromatic rings. The van der Waals surface area contributed by atoms with Gasteiger partial charge in [-0.05, 0) is 50.3 Å². The van der Waals surface area contributed by atoms with Crippen LogP contribution in [0, 0.1) is 32.6 Å². The second kappa shape index (κ2) is 5.95. The van der Waals surface area contributed by atoms with Crippen molar-refractivity contribution in [2.45, 2.75) is 53.4 Å². The molecule has 122 valence electrons. The maximum atomic E-state index is 13.1. The van der Waals surface area contributed by atoms with E-state index in [1.165, 1.54) is 12.5 Å². The van der Waals surface area contributed by atoms with E-state index in [1.54, 1.807) is 0 Å². The van der Waals surface area contributed by atoms with Crippen LogP contribution in [-0.2, 0) is 14.3 Å². The van der Waals surface area contributed by atoms with Gasteiger partial charge in [-0.15, -0.1) is 0 Å². The van der Waals surface area contributed by atoms with Crippen LogP contribution in [0.25, 0.3) is 5.57 Å². The van der Waals surface area contributed by atoms with Crippen LogP contribution in [0.15, 0.2) is 17.9 Å². The molecule has 2 aliphatic carbocycles. The van der Waals surface area contributed by atoms with Gasteiger partial charge in [-0.25, -0.2) is 0 Å². The number of carbonyl (C=O) groups is 2. The highest BCUT2D eigenvalue weighted by Gasteiger charge is 2.45. The number of carbonyl (C=O) groups excluding carboxylic acids is 2. The number of hydrogen-bond donors (Lipinski definition) is 0. The molecule has 1 fully saturated rings. The minimum Gasteiger partial charge on any atom is -0.430 e. The molecule has 1 aromatic carbocycles. The molecular formula is C20H24O3. The van der Waals surface area contributed by atoms with Crippen molar-refractivity contribution >= 4 is 17.3 Å². The number of benzene rings is 1. The van der Waals surface area contributed by atoms with Crippen molar-refractivity contribution < 1.29 is 14.3 Å². The topological polar surface area (TPSA) is 43.4 Å². The van der Waals surface area contributed by atoms with Crippen molar-refractivity contribution in [3.05, 3.63) is 40.1 Å². The number of allylic oxidation sites excluding steroid dienone is 2. The Bertz CT molecular complexity index is 689. The Labute approximate surface area is 137 Å². The fourth-order valence-corrected chi connectivity index (χ4v) is 4.35. The van der Waals surface area contributed by atoms with Crippen LogP contribution in [0.3, 0.4) is 0 Å². The van der Waals surface area contributed by atoms with Gasteiger partial charge in [0.2, 0.25) is 0 Å².